The number of nitrogens with one attached hydrogen (secondary N) is 2. The number of amides is 1. The number of aromatic nitrogens is 2. The Morgan fingerprint density at radius 2 is 2.14 bits per heavy atom. The number of hydrogen-bond acceptors (Lipinski definition) is 3. The molecule has 0 aliphatic carbocycles. The number of aromatic amines is 1. The summed E-state index contributed by atoms with van der Waals surface area (Å²) in [7, 11) is 0. The van der Waals surface area contributed by atoms with Crippen LogP contribution >= 0.6 is 11.8 Å². The summed E-state index contributed by atoms with van der Waals surface area (Å²) < 4.78 is 0. The molecular formula is C17H17N3OS. The second kappa shape index (κ2) is 6.66. The second-order valence-corrected chi connectivity index (χ2v) is 5.72. The number of nitrogens with zero attached hydrogens (tertiary/aromatic N) is 1. The van der Waals surface area contributed by atoms with Gasteiger partial charge in [0.1, 0.15) is 5.03 Å². The van der Waals surface area contributed by atoms with E-state index in [0.717, 1.165) is 17.0 Å². The smallest absolute Gasteiger partial charge is 0.254 e. The van der Waals surface area contributed by atoms with E-state index in [4.69, 9.17) is 0 Å². The molecule has 2 aromatic heterocycles. The van der Waals surface area contributed by atoms with Crippen molar-refractivity contribution in [2.75, 3.05) is 12.8 Å². The molecule has 3 rings (SSSR count). The average molecular weight is 311 g/mol. The van der Waals surface area contributed by atoms with Gasteiger partial charge >= 0.3 is 0 Å². The Morgan fingerprint density at radius 3 is 3.00 bits per heavy atom. The third-order valence-corrected chi connectivity index (χ3v) is 4.28. The van der Waals surface area contributed by atoms with Crippen molar-refractivity contribution in [1.82, 2.24) is 15.3 Å². The van der Waals surface area contributed by atoms with Gasteiger partial charge in [0, 0.05) is 29.8 Å². The number of rotatable bonds is 5. The Balaban J connectivity index is 1.64. The lowest BCUT2D eigenvalue weighted by Gasteiger charge is -2.07. The highest BCUT2D eigenvalue weighted by Gasteiger charge is 2.11. The SMILES string of the molecule is CSc1ncccc1C(=O)NCCc1c[nH]c2ccccc12. The summed E-state index contributed by atoms with van der Waals surface area (Å²) in [6.07, 6.45) is 6.43. The minimum absolute atomic E-state index is 0.0720. The molecule has 5 heteroatoms. The van der Waals surface area contributed by atoms with E-state index in [-0.39, 0.29) is 5.91 Å². The van der Waals surface area contributed by atoms with Crippen LogP contribution in [-0.2, 0) is 6.42 Å². The molecule has 0 saturated carbocycles. The molecule has 2 N–H and O–H groups in total. The molecule has 3 aromatic rings. The highest BCUT2D eigenvalue weighted by molar-refractivity contribution is 7.98. The monoisotopic (exact) mass is 311 g/mol. The van der Waals surface area contributed by atoms with E-state index in [0.29, 0.717) is 12.1 Å². The van der Waals surface area contributed by atoms with E-state index in [9.17, 15) is 4.79 Å². The van der Waals surface area contributed by atoms with E-state index in [1.807, 2.05) is 24.6 Å². The maximum Gasteiger partial charge on any atom is 0.254 e. The van der Waals surface area contributed by atoms with Crippen LogP contribution in [-0.4, -0.2) is 28.7 Å². The van der Waals surface area contributed by atoms with Crippen molar-refractivity contribution in [1.29, 1.82) is 0 Å². The zero-order valence-electron chi connectivity index (χ0n) is 12.3. The fourth-order valence-electron chi connectivity index (χ4n) is 2.47. The number of hydrogen-bond donors (Lipinski definition) is 2. The standard InChI is InChI=1S/C17H17N3OS/c1-22-17-14(6-4-9-19-17)16(21)18-10-8-12-11-20-15-7-3-2-5-13(12)15/h2-7,9,11,20H,8,10H2,1H3,(H,18,21). The first-order chi connectivity index (χ1) is 10.8. The summed E-state index contributed by atoms with van der Waals surface area (Å²) in [6.45, 7) is 0.601. The first-order valence-electron chi connectivity index (χ1n) is 7.12. The van der Waals surface area contributed by atoms with Gasteiger partial charge in [0.15, 0.2) is 0 Å². The van der Waals surface area contributed by atoms with Gasteiger partial charge in [-0.25, -0.2) is 4.98 Å². The largest absolute Gasteiger partial charge is 0.361 e. The van der Waals surface area contributed by atoms with Gasteiger partial charge in [-0.05, 0) is 36.4 Å². The molecule has 0 fully saturated rings. The zero-order chi connectivity index (χ0) is 15.4. The highest BCUT2D eigenvalue weighted by atomic mass is 32.2. The van der Waals surface area contributed by atoms with Gasteiger partial charge in [0.2, 0.25) is 0 Å². The van der Waals surface area contributed by atoms with Crippen molar-refractivity contribution in [3.8, 4) is 0 Å². The average Bonchev–Trinajstić information content (AvgIpc) is 2.98. The Bertz CT molecular complexity index is 797. The van der Waals surface area contributed by atoms with Crippen LogP contribution in [0.5, 0.6) is 0 Å². The fraction of sp³-hybridized carbons (Fsp3) is 0.176. The van der Waals surface area contributed by atoms with Crippen molar-refractivity contribution >= 4 is 28.6 Å². The van der Waals surface area contributed by atoms with Gasteiger partial charge in [0.05, 0.1) is 5.56 Å². The predicted molar refractivity (Wildman–Crippen MR) is 90.4 cm³/mol. The number of carbonyl (C=O) groups excluding carboxylic acids is 1. The van der Waals surface area contributed by atoms with Crippen molar-refractivity contribution in [2.45, 2.75) is 11.4 Å². The molecule has 1 amide bonds. The van der Waals surface area contributed by atoms with Crippen LogP contribution in [0.2, 0.25) is 0 Å². The number of para-hydroxylation sites is 1. The molecular weight excluding hydrogens is 294 g/mol. The summed E-state index contributed by atoms with van der Waals surface area (Å²) >= 11 is 1.48. The molecule has 0 bridgehead atoms. The number of pyridine rings is 1. The van der Waals surface area contributed by atoms with Crippen LogP contribution < -0.4 is 5.32 Å². The first-order valence-corrected chi connectivity index (χ1v) is 8.34. The molecule has 0 spiro atoms. The van der Waals surface area contributed by atoms with Crippen LogP contribution in [0.25, 0.3) is 10.9 Å². The van der Waals surface area contributed by atoms with Crippen LogP contribution in [0.4, 0.5) is 0 Å². The summed E-state index contributed by atoms with van der Waals surface area (Å²) in [4.78, 5) is 19.7. The molecule has 1 aromatic carbocycles. The quantitative estimate of drug-likeness (QED) is 0.711. The summed E-state index contributed by atoms with van der Waals surface area (Å²) in [6, 6.07) is 11.8. The van der Waals surface area contributed by atoms with E-state index >= 15 is 0 Å². The molecule has 0 aliphatic heterocycles. The van der Waals surface area contributed by atoms with Crippen LogP contribution in [0, 0.1) is 0 Å². The number of carbonyl (C=O) groups is 1. The summed E-state index contributed by atoms with van der Waals surface area (Å²) in [5.74, 6) is -0.0720. The first kappa shape index (κ1) is 14.7. The minimum atomic E-state index is -0.0720. The topological polar surface area (TPSA) is 57.8 Å². The number of fused-ring (bicyclic) bond motifs is 1. The Labute approximate surface area is 133 Å². The van der Waals surface area contributed by atoms with Crippen LogP contribution in [0.3, 0.4) is 0 Å². The van der Waals surface area contributed by atoms with Gasteiger partial charge in [-0.3, -0.25) is 4.79 Å². The maximum atomic E-state index is 12.2. The molecule has 0 radical (unpaired) electrons. The van der Waals surface area contributed by atoms with Crippen molar-refractivity contribution in [3.63, 3.8) is 0 Å². The van der Waals surface area contributed by atoms with Gasteiger partial charge in [0.25, 0.3) is 5.91 Å². The Morgan fingerprint density at radius 1 is 1.27 bits per heavy atom. The molecule has 0 atom stereocenters. The van der Waals surface area contributed by atoms with Gasteiger partial charge < -0.3 is 10.3 Å². The normalized spacial score (nSPS) is 10.8. The molecule has 112 valence electrons. The lowest BCUT2D eigenvalue weighted by atomic mass is 10.1. The van der Waals surface area contributed by atoms with Gasteiger partial charge in [-0.2, -0.15) is 0 Å². The van der Waals surface area contributed by atoms with Gasteiger partial charge in [-0.1, -0.05) is 18.2 Å². The summed E-state index contributed by atoms with van der Waals surface area (Å²) in [5.41, 5.74) is 2.97. The Kier molecular flexibility index (Phi) is 4.44. The molecule has 0 aliphatic rings. The van der Waals surface area contributed by atoms with E-state index in [1.54, 1.807) is 18.3 Å². The van der Waals surface area contributed by atoms with Gasteiger partial charge in [-0.15, -0.1) is 11.8 Å². The number of H-pyrrole nitrogens is 1. The van der Waals surface area contributed by atoms with E-state index in [1.165, 1.54) is 22.7 Å². The van der Waals surface area contributed by atoms with Crippen molar-refractivity contribution < 1.29 is 4.79 Å². The summed E-state index contributed by atoms with van der Waals surface area (Å²) in [5, 5.41) is 4.94. The van der Waals surface area contributed by atoms with Crippen LogP contribution in [0.15, 0.2) is 53.8 Å². The molecule has 22 heavy (non-hydrogen) atoms. The second-order valence-electron chi connectivity index (χ2n) is 4.93. The Hall–Kier alpha value is -2.27. The van der Waals surface area contributed by atoms with Crippen molar-refractivity contribution in [3.05, 3.63) is 59.9 Å². The van der Waals surface area contributed by atoms with E-state index in [2.05, 4.69) is 27.4 Å². The highest BCUT2D eigenvalue weighted by Crippen LogP contribution is 2.18. The van der Waals surface area contributed by atoms with Crippen molar-refractivity contribution in [2.24, 2.45) is 0 Å². The predicted octanol–water partition coefficient (Wildman–Crippen LogP) is 3.26. The molecule has 2 heterocycles. The van der Waals surface area contributed by atoms with E-state index < -0.39 is 0 Å². The number of benzene rings is 1. The third kappa shape index (κ3) is 2.99. The molecule has 4 nitrogen and oxygen atoms in total. The fourth-order valence-corrected chi connectivity index (χ4v) is 3.02. The minimum Gasteiger partial charge on any atom is -0.361 e. The zero-order valence-corrected chi connectivity index (χ0v) is 13.1. The maximum absolute atomic E-state index is 12.2. The lowest BCUT2D eigenvalue weighted by Crippen LogP contribution is -2.26. The third-order valence-electron chi connectivity index (χ3n) is 3.56. The lowest BCUT2D eigenvalue weighted by molar-refractivity contribution is 0.0950. The molecule has 0 saturated heterocycles. The number of thioether (sulfide) groups is 1. The van der Waals surface area contributed by atoms with Crippen LogP contribution in [0.1, 0.15) is 15.9 Å². The molecule has 0 unspecified atom stereocenters.